The van der Waals surface area contributed by atoms with Crippen LogP contribution in [0.15, 0.2) is 35.8 Å². The molecule has 5 nitrogen and oxygen atoms in total. The molecular formula is C17H21N3O2S. The molecule has 0 radical (unpaired) electrons. The molecule has 2 heterocycles. The van der Waals surface area contributed by atoms with Gasteiger partial charge in [-0.1, -0.05) is 25.1 Å². The number of para-hydroxylation sites is 1. The van der Waals surface area contributed by atoms with Gasteiger partial charge in [-0.3, -0.25) is 0 Å². The summed E-state index contributed by atoms with van der Waals surface area (Å²) < 4.78 is 5.72. The molecule has 0 bridgehead atoms. The second-order valence-corrected chi connectivity index (χ2v) is 6.85. The molecule has 1 N–H and O–H groups in total. The van der Waals surface area contributed by atoms with Crippen LogP contribution in [-0.2, 0) is 6.42 Å². The first-order valence-electron chi connectivity index (χ1n) is 7.75. The van der Waals surface area contributed by atoms with Crippen molar-refractivity contribution in [1.82, 2.24) is 15.2 Å². The minimum atomic E-state index is -0.0682. The number of urea groups is 1. The van der Waals surface area contributed by atoms with Gasteiger partial charge in [-0.25, -0.2) is 9.78 Å². The number of amides is 2. The maximum Gasteiger partial charge on any atom is 0.317 e. The van der Waals surface area contributed by atoms with Gasteiger partial charge in [-0.05, 0) is 18.1 Å². The highest BCUT2D eigenvalue weighted by Crippen LogP contribution is 2.24. The summed E-state index contributed by atoms with van der Waals surface area (Å²) >= 11 is 1.62. The number of hydrogen-bond donors (Lipinski definition) is 1. The molecule has 0 saturated heterocycles. The Hall–Kier alpha value is -2.08. The van der Waals surface area contributed by atoms with Crippen molar-refractivity contribution in [3.05, 3.63) is 46.4 Å². The minimum Gasteiger partial charge on any atom is -0.491 e. The zero-order chi connectivity index (χ0) is 16.2. The van der Waals surface area contributed by atoms with Gasteiger partial charge < -0.3 is 15.0 Å². The first kappa shape index (κ1) is 15.8. The third kappa shape index (κ3) is 3.82. The number of fused-ring (bicyclic) bond motifs is 1. The predicted octanol–water partition coefficient (Wildman–Crippen LogP) is 2.89. The summed E-state index contributed by atoms with van der Waals surface area (Å²) in [7, 11) is 1.82. The van der Waals surface area contributed by atoms with Gasteiger partial charge >= 0.3 is 6.03 Å². The Morgan fingerprint density at radius 1 is 1.52 bits per heavy atom. The summed E-state index contributed by atoms with van der Waals surface area (Å²) in [5.74, 6) is 1.15. The monoisotopic (exact) mass is 331 g/mol. The Bertz CT molecular complexity index is 660. The van der Waals surface area contributed by atoms with E-state index in [1.807, 2.05) is 36.7 Å². The highest BCUT2D eigenvalue weighted by Gasteiger charge is 2.23. The van der Waals surface area contributed by atoms with Crippen LogP contribution in [0.25, 0.3) is 0 Å². The fourth-order valence-electron chi connectivity index (χ4n) is 2.76. The van der Waals surface area contributed by atoms with Crippen LogP contribution >= 0.6 is 11.3 Å². The number of aromatic nitrogens is 1. The number of likely N-dealkylation sites (N-methyl/N-ethyl adjacent to an activating group) is 1. The SMILES string of the molecule is C[C@@H](CN(C)C(=O)N[C@H]1COc2ccccc2C1)c1nccs1. The molecule has 3 rings (SSSR count). The van der Waals surface area contributed by atoms with Gasteiger partial charge in [0.2, 0.25) is 0 Å². The van der Waals surface area contributed by atoms with E-state index in [2.05, 4.69) is 17.2 Å². The summed E-state index contributed by atoms with van der Waals surface area (Å²) in [6.07, 6.45) is 2.60. The first-order chi connectivity index (χ1) is 11.1. The number of nitrogens with one attached hydrogen (secondary N) is 1. The molecule has 1 aliphatic rings. The molecular weight excluding hydrogens is 310 g/mol. The number of carbonyl (C=O) groups excluding carboxylic acids is 1. The van der Waals surface area contributed by atoms with Gasteiger partial charge in [0, 0.05) is 31.1 Å². The standard InChI is InChI=1S/C17H21N3O2S/c1-12(16-18-7-8-23-16)10-20(2)17(21)19-14-9-13-5-3-4-6-15(13)22-11-14/h3-8,12,14H,9-11H2,1-2H3,(H,19,21)/t12-,14+/m0/s1. The van der Waals surface area contributed by atoms with Crippen LogP contribution in [0.1, 0.15) is 23.4 Å². The Morgan fingerprint density at radius 3 is 3.13 bits per heavy atom. The Kier molecular flexibility index (Phi) is 4.81. The second-order valence-electron chi connectivity index (χ2n) is 5.92. The maximum atomic E-state index is 12.4. The van der Waals surface area contributed by atoms with E-state index in [0.29, 0.717) is 13.2 Å². The number of ether oxygens (including phenoxy) is 1. The van der Waals surface area contributed by atoms with Crippen molar-refractivity contribution in [1.29, 1.82) is 0 Å². The second kappa shape index (κ2) is 7.00. The smallest absolute Gasteiger partial charge is 0.317 e. The van der Waals surface area contributed by atoms with E-state index >= 15 is 0 Å². The molecule has 0 saturated carbocycles. The van der Waals surface area contributed by atoms with E-state index in [9.17, 15) is 4.79 Å². The number of hydrogen-bond acceptors (Lipinski definition) is 4. The van der Waals surface area contributed by atoms with Crippen molar-refractivity contribution >= 4 is 17.4 Å². The van der Waals surface area contributed by atoms with Gasteiger partial charge in [-0.2, -0.15) is 0 Å². The summed E-state index contributed by atoms with van der Waals surface area (Å²) in [5, 5.41) is 6.07. The number of nitrogens with zero attached hydrogens (tertiary/aromatic N) is 2. The van der Waals surface area contributed by atoms with Gasteiger partial charge in [0.05, 0.1) is 11.0 Å². The van der Waals surface area contributed by atoms with E-state index in [4.69, 9.17) is 4.74 Å². The molecule has 1 aromatic heterocycles. The van der Waals surface area contributed by atoms with Crippen LogP contribution in [0.5, 0.6) is 5.75 Å². The molecule has 2 aromatic rings. The minimum absolute atomic E-state index is 0.00928. The predicted molar refractivity (Wildman–Crippen MR) is 91.1 cm³/mol. The molecule has 1 aliphatic heterocycles. The summed E-state index contributed by atoms with van der Waals surface area (Å²) in [5.41, 5.74) is 1.14. The Labute approximate surface area is 140 Å². The van der Waals surface area contributed by atoms with Crippen LogP contribution in [0, 0.1) is 0 Å². The topological polar surface area (TPSA) is 54.5 Å². The van der Waals surface area contributed by atoms with Crippen molar-refractivity contribution < 1.29 is 9.53 Å². The van der Waals surface area contributed by atoms with E-state index < -0.39 is 0 Å². The zero-order valence-electron chi connectivity index (χ0n) is 13.4. The average molecular weight is 331 g/mol. The third-order valence-electron chi connectivity index (χ3n) is 3.97. The summed E-state index contributed by atoms with van der Waals surface area (Å²) in [6, 6.07) is 7.91. The number of carbonyl (C=O) groups is 1. The normalized spacial score (nSPS) is 17.7. The van der Waals surface area contributed by atoms with Crippen molar-refractivity contribution in [2.45, 2.75) is 25.3 Å². The average Bonchev–Trinajstić information content (AvgIpc) is 3.09. The molecule has 0 aliphatic carbocycles. The largest absolute Gasteiger partial charge is 0.491 e. The lowest BCUT2D eigenvalue weighted by Crippen LogP contribution is -2.48. The quantitative estimate of drug-likeness (QED) is 0.937. The lowest BCUT2D eigenvalue weighted by Gasteiger charge is -2.28. The first-order valence-corrected chi connectivity index (χ1v) is 8.63. The van der Waals surface area contributed by atoms with E-state index in [0.717, 1.165) is 22.7 Å². The van der Waals surface area contributed by atoms with Crippen molar-refractivity contribution in [2.75, 3.05) is 20.2 Å². The molecule has 0 unspecified atom stereocenters. The van der Waals surface area contributed by atoms with E-state index in [1.54, 1.807) is 22.4 Å². The highest BCUT2D eigenvalue weighted by molar-refractivity contribution is 7.09. The fourth-order valence-corrected chi connectivity index (χ4v) is 3.44. The fraction of sp³-hybridized carbons (Fsp3) is 0.412. The van der Waals surface area contributed by atoms with Crippen molar-refractivity contribution in [2.24, 2.45) is 0 Å². The van der Waals surface area contributed by atoms with Crippen LogP contribution in [0.2, 0.25) is 0 Å². The number of benzene rings is 1. The molecule has 2 atom stereocenters. The molecule has 6 heteroatoms. The van der Waals surface area contributed by atoms with Gasteiger partial charge in [0.25, 0.3) is 0 Å². The molecule has 0 fully saturated rings. The molecule has 2 amide bonds. The Morgan fingerprint density at radius 2 is 2.35 bits per heavy atom. The molecule has 1 aromatic carbocycles. The van der Waals surface area contributed by atoms with Crippen LogP contribution in [0.3, 0.4) is 0 Å². The molecule has 23 heavy (non-hydrogen) atoms. The summed E-state index contributed by atoms with van der Waals surface area (Å²) in [4.78, 5) is 18.4. The van der Waals surface area contributed by atoms with Gasteiger partial charge in [0.15, 0.2) is 0 Å². The molecule has 0 spiro atoms. The maximum absolute atomic E-state index is 12.4. The number of thiazole rings is 1. The lowest BCUT2D eigenvalue weighted by molar-refractivity contribution is 0.187. The Balaban J connectivity index is 1.53. The van der Waals surface area contributed by atoms with E-state index in [-0.39, 0.29) is 18.0 Å². The van der Waals surface area contributed by atoms with Crippen LogP contribution < -0.4 is 10.1 Å². The zero-order valence-corrected chi connectivity index (χ0v) is 14.2. The highest BCUT2D eigenvalue weighted by atomic mass is 32.1. The third-order valence-corrected chi connectivity index (χ3v) is 4.98. The van der Waals surface area contributed by atoms with Crippen molar-refractivity contribution in [3.8, 4) is 5.75 Å². The lowest BCUT2D eigenvalue weighted by atomic mass is 10.0. The van der Waals surface area contributed by atoms with E-state index in [1.165, 1.54) is 0 Å². The number of rotatable bonds is 4. The van der Waals surface area contributed by atoms with Crippen molar-refractivity contribution in [3.63, 3.8) is 0 Å². The van der Waals surface area contributed by atoms with Crippen LogP contribution in [-0.4, -0.2) is 42.2 Å². The van der Waals surface area contributed by atoms with Gasteiger partial charge in [-0.15, -0.1) is 11.3 Å². The van der Waals surface area contributed by atoms with Gasteiger partial charge in [0.1, 0.15) is 12.4 Å². The summed E-state index contributed by atoms with van der Waals surface area (Å²) in [6.45, 7) is 3.24. The van der Waals surface area contributed by atoms with Crippen LogP contribution in [0.4, 0.5) is 4.79 Å². The molecule has 122 valence electrons.